The molecule has 0 heterocycles. The van der Waals surface area contributed by atoms with Gasteiger partial charge < -0.3 is 0 Å². The number of rotatable bonds is 0. The van der Waals surface area contributed by atoms with Crippen molar-refractivity contribution in [2.45, 2.75) is 39.5 Å². The monoisotopic (exact) mass is 188 g/mol. The number of carbonyl (C=O) groups excluding carboxylic acids is 1. The highest BCUT2D eigenvalue weighted by Gasteiger charge is 2.15. The van der Waals surface area contributed by atoms with Gasteiger partial charge in [-0.2, -0.15) is 0 Å². The summed E-state index contributed by atoms with van der Waals surface area (Å²) < 4.78 is 0. The van der Waals surface area contributed by atoms with Crippen molar-refractivity contribution in [1.82, 2.24) is 0 Å². The molecule has 74 valence electrons. The number of hydrogen-bond donors (Lipinski definition) is 0. The number of ketones is 1. The highest BCUT2D eigenvalue weighted by atomic mass is 16.1. The molecule has 1 nitrogen and oxygen atoms in total. The van der Waals surface area contributed by atoms with Gasteiger partial charge in [-0.1, -0.05) is 12.1 Å². The third-order valence-electron chi connectivity index (χ3n) is 3.21. The first-order chi connectivity index (χ1) is 6.68. The Morgan fingerprint density at radius 2 is 1.29 bits per heavy atom. The highest BCUT2D eigenvalue weighted by Crippen LogP contribution is 2.24. The second kappa shape index (κ2) is 3.56. The number of Topliss-reactive ketones (excluding diaryl/α,β-unsaturated/α-hetero) is 1. The Labute approximate surface area is 85.1 Å². The summed E-state index contributed by atoms with van der Waals surface area (Å²) in [6, 6.07) is 4.34. The third kappa shape index (κ3) is 1.59. The Balaban J connectivity index is 2.49. The lowest BCUT2D eigenvalue weighted by atomic mass is 9.94. The number of benzene rings is 1. The van der Waals surface area contributed by atoms with E-state index in [4.69, 9.17) is 0 Å². The van der Waals surface area contributed by atoms with E-state index in [1.165, 1.54) is 22.3 Å². The van der Waals surface area contributed by atoms with Gasteiger partial charge in [-0.15, -0.1) is 0 Å². The molecule has 0 N–H and O–H groups in total. The molecule has 1 aromatic carbocycles. The molecule has 0 saturated carbocycles. The smallest absolute Gasteiger partial charge is 0.133 e. The van der Waals surface area contributed by atoms with E-state index in [1.807, 2.05) is 0 Å². The molecule has 1 aliphatic carbocycles. The minimum Gasteiger partial charge on any atom is -0.300 e. The molecule has 0 amide bonds. The minimum atomic E-state index is 0.417. The molecule has 2 rings (SSSR count). The van der Waals surface area contributed by atoms with E-state index in [1.54, 1.807) is 0 Å². The summed E-state index contributed by atoms with van der Waals surface area (Å²) >= 11 is 0. The van der Waals surface area contributed by atoms with E-state index >= 15 is 0 Å². The summed E-state index contributed by atoms with van der Waals surface area (Å²) in [6.07, 6.45) is 3.36. The van der Waals surface area contributed by atoms with E-state index in [9.17, 15) is 4.79 Å². The Bertz CT molecular complexity index is 342. The van der Waals surface area contributed by atoms with Crippen molar-refractivity contribution in [2.75, 3.05) is 0 Å². The lowest BCUT2D eigenvalue weighted by Gasteiger charge is -2.11. The fourth-order valence-corrected chi connectivity index (χ4v) is 2.28. The molecule has 0 unspecified atom stereocenters. The quantitative estimate of drug-likeness (QED) is 0.572. The zero-order valence-corrected chi connectivity index (χ0v) is 8.89. The molecule has 0 spiro atoms. The van der Waals surface area contributed by atoms with Gasteiger partial charge in [-0.05, 0) is 48.9 Å². The van der Waals surface area contributed by atoms with Crippen LogP contribution in [0.4, 0.5) is 0 Å². The Morgan fingerprint density at radius 1 is 0.857 bits per heavy atom. The van der Waals surface area contributed by atoms with Crippen LogP contribution in [-0.2, 0) is 17.6 Å². The van der Waals surface area contributed by atoms with Crippen molar-refractivity contribution in [3.8, 4) is 0 Å². The molecule has 1 aromatic rings. The molecule has 0 fully saturated rings. The SMILES string of the molecule is Cc1ccc(C)c2c1CCC(=O)CC2. The Kier molecular flexibility index (Phi) is 2.40. The lowest BCUT2D eigenvalue weighted by molar-refractivity contribution is -0.118. The Morgan fingerprint density at radius 3 is 1.71 bits per heavy atom. The number of fused-ring (bicyclic) bond motifs is 1. The van der Waals surface area contributed by atoms with Gasteiger partial charge in [0.15, 0.2) is 0 Å². The van der Waals surface area contributed by atoms with Gasteiger partial charge in [-0.25, -0.2) is 0 Å². The van der Waals surface area contributed by atoms with Crippen LogP contribution in [0.25, 0.3) is 0 Å². The molecule has 1 aliphatic rings. The topological polar surface area (TPSA) is 17.1 Å². The summed E-state index contributed by atoms with van der Waals surface area (Å²) in [6.45, 7) is 4.29. The van der Waals surface area contributed by atoms with Crippen molar-refractivity contribution < 1.29 is 4.79 Å². The first-order valence-electron chi connectivity index (χ1n) is 5.28. The van der Waals surface area contributed by atoms with E-state index < -0.39 is 0 Å². The second-order valence-corrected chi connectivity index (χ2v) is 4.20. The van der Waals surface area contributed by atoms with E-state index in [2.05, 4.69) is 26.0 Å². The zero-order valence-electron chi connectivity index (χ0n) is 8.89. The molecular weight excluding hydrogens is 172 g/mol. The summed E-state index contributed by atoms with van der Waals surface area (Å²) in [5, 5.41) is 0. The highest BCUT2D eigenvalue weighted by molar-refractivity contribution is 5.79. The lowest BCUT2D eigenvalue weighted by Crippen LogP contribution is -1.97. The van der Waals surface area contributed by atoms with Crippen LogP contribution >= 0.6 is 0 Å². The fraction of sp³-hybridized carbons (Fsp3) is 0.462. The molecule has 0 bridgehead atoms. The van der Waals surface area contributed by atoms with Gasteiger partial charge in [0.1, 0.15) is 5.78 Å². The maximum absolute atomic E-state index is 11.4. The van der Waals surface area contributed by atoms with Crippen LogP contribution in [0.15, 0.2) is 12.1 Å². The molecule has 0 saturated heterocycles. The fourth-order valence-electron chi connectivity index (χ4n) is 2.28. The molecular formula is C13H16O. The van der Waals surface area contributed by atoms with E-state index in [-0.39, 0.29) is 0 Å². The molecule has 0 aromatic heterocycles. The maximum Gasteiger partial charge on any atom is 0.133 e. The van der Waals surface area contributed by atoms with Crippen LogP contribution in [-0.4, -0.2) is 5.78 Å². The number of hydrogen-bond acceptors (Lipinski definition) is 1. The zero-order chi connectivity index (χ0) is 10.1. The average Bonchev–Trinajstić information content (AvgIpc) is 2.35. The summed E-state index contributed by atoms with van der Waals surface area (Å²) in [5.41, 5.74) is 5.55. The van der Waals surface area contributed by atoms with E-state index in [0.717, 1.165) is 25.7 Å². The van der Waals surface area contributed by atoms with Crippen LogP contribution < -0.4 is 0 Å². The average molecular weight is 188 g/mol. The minimum absolute atomic E-state index is 0.417. The molecule has 0 radical (unpaired) electrons. The number of carbonyl (C=O) groups is 1. The van der Waals surface area contributed by atoms with Crippen molar-refractivity contribution in [3.63, 3.8) is 0 Å². The molecule has 0 atom stereocenters. The summed E-state index contributed by atoms with van der Waals surface area (Å²) in [7, 11) is 0. The van der Waals surface area contributed by atoms with Crippen LogP contribution in [0, 0.1) is 13.8 Å². The molecule has 1 heteroatoms. The van der Waals surface area contributed by atoms with Gasteiger partial charge in [0.2, 0.25) is 0 Å². The van der Waals surface area contributed by atoms with Gasteiger partial charge in [0.05, 0.1) is 0 Å². The maximum atomic E-state index is 11.4. The van der Waals surface area contributed by atoms with Crippen LogP contribution in [0.2, 0.25) is 0 Å². The van der Waals surface area contributed by atoms with E-state index in [0.29, 0.717) is 5.78 Å². The molecule has 0 aliphatic heterocycles. The molecule has 14 heavy (non-hydrogen) atoms. The predicted octanol–water partition coefficient (Wildman–Crippen LogP) is 2.75. The first-order valence-corrected chi connectivity index (χ1v) is 5.28. The van der Waals surface area contributed by atoms with Gasteiger partial charge in [0.25, 0.3) is 0 Å². The normalized spacial score (nSPS) is 16.3. The van der Waals surface area contributed by atoms with Crippen molar-refractivity contribution >= 4 is 5.78 Å². The van der Waals surface area contributed by atoms with Crippen LogP contribution in [0.5, 0.6) is 0 Å². The van der Waals surface area contributed by atoms with Crippen molar-refractivity contribution in [3.05, 3.63) is 34.4 Å². The van der Waals surface area contributed by atoms with Gasteiger partial charge >= 0.3 is 0 Å². The number of aryl methyl sites for hydroxylation is 2. The summed E-state index contributed by atoms with van der Waals surface area (Å²) in [4.78, 5) is 11.4. The third-order valence-corrected chi connectivity index (χ3v) is 3.21. The van der Waals surface area contributed by atoms with Crippen LogP contribution in [0.1, 0.15) is 35.1 Å². The second-order valence-electron chi connectivity index (χ2n) is 4.20. The summed E-state index contributed by atoms with van der Waals surface area (Å²) in [5.74, 6) is 0.417. The van der Waals surface area contributed by atoms with Crippen molar-refractivity contribution in [1.29, 1.82) is 0 Å². The van der Waals surface area contributed by atoms with Crippen LogP contribution in [0.3, 0.4) is 0 Å². The largest absolute Gasteiger partial charge is 0.300 e. The van der Waals surface area contributed by atoms with Gasteiger partial charge in [0, 0.05) is 12.8 Å². The first kappa shape index (κ1) is 9.45. The predicted molar refractivity (Wildman–Crippen MR) is 57.6 cm³/mol. The van der Waals surface area contributed by atoms with Crippen molar-refractivity contribution in [2.24, 2.45) is 0 Å². The Hall–Kier alpha value is -1.11. The van der Waals surface area contributed by atoms with Gasteiger partial charge in [-0.3, -0.25) is 4.79 Å². The standard InChI is InChI=1S/C13H16O/c1-9-3-4-10(2)13-8-6-11(14)5-7-12(9)13/h3-4H,5-8H2,1-2H3.